The Hall–Kier alpha value is -1.36. The van der Waals surface area contributed by atoms with Gasteiger partial charge in [0, 0.05) is 25.0 Å². The SMILES string of the molecule is CC1CCC(O)(CNc2nccn(C(C)C)c2=O)CC1. The molecule has 20 heavy (non-hydrogen) atoms. The van der Waals surface area contributed by atoms with E-state index in [2.05, 4.69) is 17.2 Å². The zero-order valence-corrected chi connectivity index (χ0v) is 12.6. The summed E-state index contributed by atoms with van der Waals surface area (Å²) in [6.07, 6.45) is 6.96. The van der Waals surface area contributed by atoms with E-state index in [-0.39, 0.29) is 11.6 Å². The highest BCUT2D eigenvalue weighted by Crippen LogP contribution is 2.31. The highest BCUT2D eigenvalue weighted by molar-refractivity contribution is 5.31. The fraction of sp³-hybridized carbons (Fsp3) is 0.733. The number of aliphatic hydroxyl groups is 1. The van der Waals surface area contributed by atoms with Crippen LogP contribution in [0.5, 0.6) is 0 Å². The number of anilines is 1. The van der Waals surface area contributed by atoms with E-state index in [9.17, 15) is 9.90 Å². The average Bonchev–Trinajstić information content (AvgIpc) is 2.41. The van der Waals surface area contributed by atoms with Crippen molar-refractivity contribution in [3.8, 4) is 0 Å². The molecule has 112 valence electrons. The van der Waals surface area contributed by atoms with E-state index in [0.29, 0.717) is 18.3 Å². The summed E-state index contributed by atoms with van der Waals surface area (Å²) in [7, 11) is 0. The third-order valence-corrected chi connectivity index (χ3v) is 4.21. The number of rotatable bonds is 4. The summed E-state index contributed by atoms with van der Waals surface area (Å²) in [6.45, 7) is 6.53. The first-order valence-electron chi connectivity index (χ1n) is 7.45. The van der Waals surface area contributed by atoms with Crippen molar-refractivity contribution in [2.45, 2.75) is 58.1 Å². The van der Waals surface area contributed by atoms with Crippen molar-refractivity contribution < 1.29 is 5.11 Å². The Bertz CT molecular complexity index is 502. The van der Waals surface area contributed by atoms with Crippen molar-refractivity contribution in [3.63, 3.8) is 0 Å². The van der Waals surface area contributed by atoms with Gasteiger partial charge in [-0.3, -0.25) is 4.79 Å². The van der Waals surface area contributed by atoms with Crippen LogP contribution in [-0.2, 0) is 0 Å². The van der Waals surface area contributed by atoms with Crippen molar-refractivity contribution in [3.05, 3.63) is 22.7 Å². The summed E-state index contributed by atoms with van der Waals surface area (Å²) in [5.74, 6) is 1.01. The molecule has 0 unspecified atom stereocenters. The van der Waals surface area contributed by atoms with Crippen LogP contribution >= 0.6 is 0 Å². The minimum atomic E-state index is -0.709. The summed E-state index contributed by atoms with van der Waals surface area (Å²) in [5.41, 5.74) is -0.839. The molecule has 0 aliphatic heterocycles. The molecule has 0 bridgehead atoms. The first kappa shape index (κ1) is 15.0. The molecule has 1 saturated carbocycles. The van der Waals surface area contributed by atoms with E-state index >= 15 is 0 Å². The lowest BCUT2D eigenvalue weighted by Gasteiger charge is -2.35. The van der Waals surface area contributed by atoms with E-state index in [0.717, 1.165) is 25.7 Å². The molecule has 2 rings (SSSR count). The van der Waals surface area contributed by atoms with Crippen LogP contribution in [0.15, 0.2) is 17.2 Å². The van der Waals surface area contributed by atoms with E-state index < -0.39 is 5.60 Å². The van der Waals surface area contributed by atoms with Gasteiger partial charge in [0.25, 0.3) is 5.56 Å². The Morgan fingerprint density at radius 1 is 1.50 bits per heavy atom. The predicted octanol–water partition coefficient (Wildman–Crippen LogP) is 2.18. The van der Waals surface area contributed by atoms with Gasteiger partial charge in [0.15, 0.2) is 5.82 Å². The second kappa shape index (κ2) is 5.95. The molecule has 0 radical (unpaired) electrons. The van der Waals surface area contributed by atoms with Gasteiger partial charge in [-0.25, -0.2) is 4.98 Å². The van der Waals surface area contributed by atoms with Crippen molar-refractivity contribution in [2.24, 2.45) is 5.92 Å². The van der Waals surface area contributed by atoms with Gasteiger partial charge in [0.2, 0.25) is 0 Å². The third-order valence-electron chi connectivity index (χ3n) is 4.21. The van der Waals surface area contributed by atoms with Crippen LogP contribution in [0, 0.1) is 5.92 Å². The van der Waals surface area contributed by atoms with E-state index in [1.54, 1.807) is 17.0 Å². The van der Waals surface area contributed by atoms with Crippen molar-refractivity contribution >= 4 is 5.82 Å². The van der Waals surface area contributed by atoms with Gasteiger partial charge in [-0.15, -0.1) is 0 Å². The van der Waals surface area contributed by atoms with Gasteiger partial charge in [-0.05, 0) is 45.4 Å². The van der Waals surface area contributed by atoms with E-state index in [1.807, 2.05) is 13.8 Å². The first-order valence-corrected chi connectivity index (χ1v) is 7.45. The zero-order chi connectivity index (χ0) is 14.8. The van der Waals surface area contributed by atoms with Crippen LogP contribution in [-0.4, -0.2) is 26.8 Å². The van der Waals surface area contributed by atoms with Crippen LogP contribution < -0.4 is 10.9 Å². The van der Waals surface area contributed by atoms with Crippen molar-refractivity contribution in [1.82, 2.24) is 9.55 Å². The van der Waals surface area contributed by atoms with Crippen molar-refractivity contribution in [2.75, 3.05) is 11.9 Å². The molecule has 1 heterocycles. The number of nitrogens with one attached hydrogen (secondary N) is 1. The van der Waals surface area contributed by atoms with Gasteiger partial charge in [-0.1, -0.05) is 6.92 Å². The Morgan fingerprint density at radius 3 is 2.75 bits per heavy atom. The summed E-state index contributed by atoms with van der Waals surface area (Å²) in [5, 5.41) is 13.6. The number of aromatic nitrogens is 2. The standard InChI is InChI=1S/C15H25N3O2/c1-11(2)18-9-8-16-13(14(18)19)17-10-15(20)6-4-12(3)5-7-15/h8-9,11-12,20H,4-7,10H2,1-3H3,(H,16,17). The van der Waals surface area contributed by atoms with E-state index in [4.69, 9.17) is 0 Å². The van der Waals surface area contributed by atoms with Crippen LogP contribution in [0.3, 0.4) is 0 Å². The highest BCUT2D eigenvalue weighted by atomic mass is 16.3. The average molecular weight is 279 g/mol. The monoisotopic (exact) mass is 279 g/mol. The summed E-state index contributed by atoms with van der Waals surface area (Å²) in [4.78, 5) is 16.3. The molecule has 0 amide bonds. The first-order chi connectivity index (χ1) is 9.41. The predicted molar refractivity (Wildman–Crippen MR) is 80.0 cm³/mol. The molecular formula is C15H25N3O2. The Balaban J connectivity index is 2.04. The Kier molecular flexibility index (Phi) is 4.48. The minimum absolute atomic E-state index is 0.102. The van der Waals surface area contributed by atoms with Crippen LogP contribution in [0.25, 0.3) is 0 Å². The van der Waals surface area contributed by atoms with Gasteiger partial charge >= 0.3 is 0 Å². The molecule has 1 aromatic heterocycles. The summed E-state index contributed by atoms with van der Waals surface area (Å²) < 4.78 is 1.64. The number of nitrogens with zero attached hydrogens (tertiary/aromatic N) is 2. The second-order valence-corrected chi connectivity index (χ2v) is 6.34. The lowest BCUT2D eigenvalue weighted by molar-refractivity contribution is 0.00492. The van der Waals surface area contributed by atoms with E-state index in [1.165, 1.54) is 0 Å². The second-order valence-electron chi connectivity index (χ2n) is 6.34. The van der Waals surface area contributed by atoms with Crippen LogP contribution in [0.1, 0.15) is 52.5 Å². The number of hydrogen-bond acceptors (Lipinski definition) is 4. The van der Waals surface area contributed by atoms with Gasteiger partial charge in [-0.2, -0.15) is 0 Å². The zero-order valence-electron chi connectivity index (χ0n) is 12.6. The Labute approximate surface area is 120 Å². The number of hydrogen-bond donors (Lipinski definition) is 2. The minimum Gasteiger partial charge on any atom is -0.388 e. The molecule has 1 fully saturated rings. The molecule has 1 aromatic rings. The molecule has 0 saturated heterocycles. The molecule has 2 N–H and O–H groups in total. The van der Waals surface area contributed by atoms with Gasteiger partial charge < -0.3 is 15.0 Å². The fourth-order valence-electron chi connectivity index (χ4n) is 2.68. The molecule has 1 aliphatic rings. The quantitative estimate of drug-likeness (QED) is 0.886. The maximum absolute atomic E-state index is 12.2. The normalized spacial score (nSPS) is 26.8. The van der Waals surface area contributed by atoms with Crippen molar-refractivity contribution in [1.29, 1.82) is 0 Å². The molecule has 1 aliphatic carbocycles. The molecule has 0 aromatic carbocycles. The molecule has 5 heteroatoms. The topological polar surface area (TPSA) is 67.2 Å². The largest absolute Gasteiger partial charge is 0.388 e. The molecule has 5 nitrogen and oxygen atoms in total. The smallest absolute Gasteiger partial charge is 0.293 e. The molecular weight excluding hydrogens is 254 g/mol. The molecule has 0 atom stereocenters. The maximum Gasteiger partial charge on any atom is 0.293 e. The van der Waals surface area contributed by atoms with Crippen LogP contribution in [0.4, 0.5) is 5.82 Å². The highest BCUT2D eigenvalue weighted by Gasteiger charge is 2.31. The lowest BCUT2D eigenvalue weighted by Crippen LogP contribution is -2.41. The third kappa shape index (κ3) is 3.39. The van der Waals surface area contributed by atoms with Gasteiger partial charge in [0.1, 0.15) is 0 Å². The molecule has 0 spiro atoms. The van der Waals surface area contributed by atoms with Gasteiger partial charge in [0.05, 0.1) is 5.60 Å². The van der Waals surface area contributed by atoms with Crippen LogP contribution in [0.2, 0.25) is 0 Å². The summed E-state index contributed by atoms with van der Waals surface area (Å²) in [6, 6.07) is 0.102. The lowest BCUT2D eigenvalue weighted by atomic mass is 9.79. The summed E-state index contributed by atoms with van der Waals surface area (Å²) >= 11 is 0. The fourth-order valence-corrected chi connectivity index (χ4v) is 2.68. The maximum atomic E-state index is 12.2. The Morgan fingerprint density at radius 2 is 2.15 bits per heavy atom.